The third-order valence-electron chi connectivity index (χ3n) is 3.35. The molecule has 0 aromatic heterocycles. The van der Waals surface area contributed by atoms with Crippen LogP contribution in [0.15, 0.2) is 0 Å². The van der Waals surface area contributed by atoms with Gasteiger partial charge in [-0.15, -0.1) is 0 Å². The summed E-state index contributed by atoms with van der Waals surface area (Å²) in [5.41, 5.74) is 0.287. The molecule has 0 saturated carbocycles. The second kappa shape index (κ2) is 6.91. The summed E-state index contributed by atoms with van der Waals surface area (Å²) in [7, 11) is 0. The average Bonchev–Trinajstić information content (AvgIpc) is 2.40. The fourth-order valence-electron chi connectivity index (χ4n) is 2.39. The van der Waals surface area contributed by atoms with Gasteiger partial charge in [-0.1, -0.05) is 0 Å². The molecule has 124 valence electrons. The van der Waals surface area contributed by atoms with E-state index in [1.165, 1.54) is 20.8 Å². The second-order valence-electron chi connectivity index (χ2n) is 4.94. The molecule has 0 unspecified atom stereocenters. The monoisotopic (exact) mass is 323 g/mol. The molecule has 1 aromatic rings. The van der Waals surface area contributed by atoms with Crippen molar-refractivity contribution >= 4 is 29.5 Å². The number of nitrogens with one attached hydrogen (secondary N) is 1. The number of carboxylic acids is 2. The third-order valence-corrected chi connectivity index (χ3v) is 3.35. The summed E-state index contributed by atoms with van der Waals surface area (Å²) in [4.78, 5) is 45.3. The highest BCUT2D eigenvalue weighted by atomic mass is 16.5. The number of amides is 1. The Kier molecular flexibility index (Phi) is 5.45. The largest absolute Gasteiger partial charge is 0.478 e. The zero-order chi connectivity index (χ0) is 17.9. The lowest BCUT2D eigenvalue weighted by molar-refractivity contribution is -0.144. The number of carbonyl (C=O) groups is 4. The van der Waals surface area contributed by atoms with E-state index in [2.05, 4.69) is 10.1 Å². The van der Waals surface area contributed by atoms with Gasteiger partial charge in [-0.05, 0) is 37.5 Å². The Hall–Kier alpha value is -2.90. The molecule has 8 nitrogen and oxygen atoms in total. The summed E-state index contributed by atoms with van der Waals surface area (Å²) in [6.07, 6.45) is 0. The van der Waals surface area contributed by atoms with Gasteiger partial charge in [0.2, 0.25) is 0 Å². The number of rotatable bonds is 5. The summed E-state index contributed by atoms with van der Waals surface area (Å²) < 4.78 is 4.55. The van der Waals surface area contributed by atoms with Gasteiger partial charge in [0.25, 0.3) is 5.91 Å². The Morgan fingerprint density at radius 1 is 0.913 bits per heavy atom. The van der Waals surface area contributed by atoms with E-state index in [0.29, 0.717) is 0 Å². The van der Waals surface area contributed by atoms with Crippen molar-refractivity contribution in [2.24, 2.45) is 0 Å². The van der Waals surface area contributed by atoms with E-state index < -0.39 is 30.4 Å². The minimum atomic E-state index is -1.29. The zero-order valence-electron chi connectivity index (χ0n) is 13.1. The predicted molar refractivity (Wildman–Crippen MR) is 79.8 cm³/mol. The van der Waals surface area contributed by atoms with Gasteiger partial charge >= 0.3 is 17.9 Å². The highest BCUT2D eigenvalue weighted by molar-refractivity contribution is 6.04. The Labute approximate surface area is 132 Å². The highest BCUT2D eigenvalue weighted by Gasteiger charge is 2.25. The molecule has 3 N–H and O–H groups in total. The molecule has 0 aliphatic heterocycles. The molecule has 0 atom stereocenters. The fourth-order valence-corrected chi connectivity index (χ4v) is 2.39. The van der Waals surface area contributed by atoms with Gasteiger partial charge < -0.3 is 20.3 Å². The number of hydrogen-bond acceptors (Lipinski definition) is 5. The zero-order valence-corrected chi connectivity index (χ0v) is 13.1. The minimum Gasteiger partial charge on any atom is -0.478 e. The Bertz CT molecular complexity index is 665. The van der Waals surface area contributed by atoms with Crippen molar-refractivity contribution in [2.45, 2.75) is 27.7 Å². The van der Waals surface area contributed by atoms with E-state index >= 15 is 0 Å². The lowest BCUT2D eigenvalue weighted by Crippen LogP contribution is -2.23. The molecule has 0 radical (unpaired) electrons. The Morgan fingerprint density at radius 2 is 1.35 bits per heavy atom. The molecule has 0 bridgehead atoms. The molecule has 1 amide bonds. The van der Waals surface area contributed by atoms with Gasteiger partial charge in [0.15, 0.2) is 6.61 Å². The van der Waals surface area contributed by atoms with Crippen LogP contribution in [-0.4, -0.2) is 40.6 Å². The summed E-state index contributed by atoms with van der Waals surface area (Å²) in [6, 6.07) is 0. The summed E-state index contributed by atoms with van der Waals surface area (Å²) >= 11 is 0. The summed E-state index contributed by atoms with van der Waals surface area (Å²) in [5, 5.41) is 21.0. The number of aromatic carboxylic acids is 2. The molecule has 23 heavy (non-hydrogen) atoms. The van der Waals surface area contributed by atoms with Crippen LogP contribution in [0.5, 0.6) is 0 Å². The first kappa shape index (κ1) is 18.1. The standard InChI is InChI=1S/C15H17NO7/c1-6-11(14(19)20)7(2)13(8(3)12(6)15(21)22)16-10(18)5-23-9(4)17/h5H2,1-4H3,(H,16,18)(H,19,20)(H,21,22). The van der Waals surface area contributed by atoms with Crippen LogP contribution >= 0.6 is 0 Å². The summed E-state index contributed by atoms with van der Waals surface area (Å²) in [5.74, 6) is -3.92. The molecule has 0 saturated heterocycles. The molecular weight excluding hydrogens is 306 g/mol. The van der Waals surface area contributed by atoms with Crippen molar-refractivity contribution in [1.82, 2.24) is 0 Å². The van der Waals surface area contributed by atoms with Crippen molar-refractivity contribution in [2.75, 3.05) is 11.9 Å². The smallest absolute Gasteiger partial charge is 0.336 e. The van der Waals surface area contributed by atoms with Gasteiger partial charge in [-0.25, -0.2) is 9.59 Å². The number of hydrogen-bond donors (Lipinski definition) is 3. The van der Waals surface area contributed by atoms with Gasteiger partial charge in [0.1, 0.15) is 0 Å². The van der Waals surface area contributed by atoms with E-state index in [9.17, 15) is 29.4 Å². The lowest BCUT2D eigenvalue weighted by atomic mass is 9.91. The lowest BCUT2D eigenvalue weighted by Gasteiger charge is -2.19. The number of ether oxygens (including phenoxy) is 1. The molecule has 0 spiro atoms. The van der Waals surface area contributed by atoms with Crippen LogP contribution in [0.25, 0.3) is 0 Å². The van der Waals surface area contributed by atoms with Crippen molar-refractivity contribution < 1.29 is 34.1 Å². The first-order chi connectivity index (χ1) is 10.6. The van der Waals surface area contributed by atoms with Crippen LogP contribution in [0.3, 0.4) is 0 Å². The Morgan fingerprint density at radius 3 is 1.70 bits per heavy atom. The van der Waals surface area contributed by atoms with Crippen molar-refractivity contribution in [3.8, 4) is 0 Å². The third kappa shape index (κ3) is 3.85. The molecule has 8 heteroatoms. The van der Waals surface area contributed by atoms with E-state index in [1.54, 1.807) is 0 Å². The topological polar surface area (TPSA) is 130 Å². The molecular formula is C15H17NO7. The van der Waals surface area contributed by atoms with Crippen LogP contribution in [0, 0.1) is 20.8 Å². The minimum absolute atomic E-state index is 0.0857. The Balaban J connectivity index is 3.42. The normalized spacial score (nSPS) is 10.1. The van der Waals surface area contributed by atoms with Crippen LogP contribution in [0.1, 0.15) is 44.3 Å². The van der Waals surface area contributed by atoms with E-state index in [0.717, 1.165) is 6.92 Å². The quantitative estimate of drug-likeness (QED) is 0.700. The highest BCUT2D eigenvalue weighted by Crippen LogP contribution is 2.31. The fraction of sp³-hybridized carbons (Fsp3) is 0.333. The van der Waals surface area contributed by atoms with Crippen molar-refractivity contribution in [1.29, 1.82) is 0 Å². The first-order valence-electron chi connectivity index (χ1n) is 6.61. The van der Waals surface area contributed by atoms with Crippen LogP contribution in [0.2, 0.25) is 0 Å². The van der Waals surface area contributed by atoms with Crippen molar-refractivity contribution in [3.05, 3.63) is 27.8 Å². The second-order valence-corrected chi connectivity index (χ2v) is 4.94. The maximum Gasteiger partial charge on any atom is 0.336 e. The van der Waals surface area contributed by atoms with Gasteiger partial charge in [-0.2, -0.15) is 0 Å². The average molecular weight is 323 g/mol. The molecule has 0 aliphatic carbocycles. The molecule has 1 rings (SSSR count). The maximum absolute atomic E-state index is 11.8. The number of benzene rings is 1. The van der Waals surface area contributed by atoms with E-state index in [-0.39, 0.29) is 33.5 Å². The van der Waals surface area contributed by atoms with Gasteiger partial charge in [-0.3, -0.25) is 9.59 Å². The van der Waals surface area contributed by atoms with Gasteiger partial charge in [0, 0.05) is 12.6 Å². The van der Waals surface area contributed by atoms with Crippen LogP contribution in [-0.2, 0) is 14.3 Å². The number of carboxylic acid groups (broad SMARTS) is 2. The number of anilines is 1. The van der Waals surface area contributed by atoms with Crippen LogP contribution < -0.4 is 5.32 Å². The predicted octanol–water partition coefficient (Wildman–Crippen LogP) is 1.51. The maximum atomic E-state index is 11.8. The number of carbonyl (C=O) groups excluding carboxylic acids is 2. The van der Waals surface area contributed by atoms with Crippen LogP contribution in [0.4, 0.5) is 5.69 Å². The van der Waals surface area contributed by atoms with E-state index in [1.807, 2.05) is 0 Å². The van der Waals surface area contributed by atoms with Gasteiger partial charge in [0.05, 0.1) is 11.1 Å². The molecule has 0 fully saturated rings. The first-order valence-corrected chi connectivity index (χ1v) is 6.61. The van der Waals surface area contributed by atoms with E-state index in [4.69, 9.17) is 0 Å². The summed E-state index contributed by atoms with van der Waals surface area (Å²) in [6.45, 7) is 4.93. The molecule has 0 aliphatic rings. The SMILES string of the molecule is CC(=O)OCC(=O)Nc1c(C)c(C(=O)O)c(C)c(C(=O)O)c1C. The van der Waals surface area contributed by atoms with Crippen molar-refractivity contribution in [3.63, 3.8) is 0 Å². The molecule has 1 aromatic carbocycles. The number of esters is 1. The molecule has 0 heterocycles.